The van der Waals surface area contributed by atoms with Crippen LogP contribution in [0.15, 0.2) is 36.4 Å². The largest absolute Gasteiger partial charge is 0.504 e. The summed E-state index contributed by atoms with van der Waals surface area (Å²) >= 11 is 0. The zero-order chi connectivity index (χ0) is 15.6. The highest BCUT2D eigenvalue weighted by atomic mass is 16.3. The quantitative estimate of drug-likeness (QED) is 0.296. The lowest BCUT2D eigenvalue weighted by Gasteiger charge is -2.08. The molecule has 0 aliphatic carbocycles. The third-order valence-electron chi connectivity index (χ3n) is 2.94. The van der Waals surface area contributed by atoms with Crippen LogP contribution < -0.4 is 0 Å². The van der Waals surface area contributed by atoms with Crippen LogP contribution in [-0.2, 0) is 0 Å². The Balaban J connectivity index is 2.28. The van der Waals surface area contributed by atoms with Gasteiger partial charge in [-0.25, -0.2) is 0 Å². The number of ketones is 2. The Bertz CT molecular complexity index is 706. The van der Waals surface area contributed by atoms with E-state index in [4.69, 9.17) is 0 Å². The lowest BCUT2D eigenvalue weighted by molar-refractivity contribution is 0.0892. The molecule has 21 heavy (non-hydrogen) atoms. The molecule has 0 aliphatic rings. The summed E-state index contributed by atoms with van der Waals surface area (Å²) in [5.74, 6) is -4.83. The minimum Gasteiger partial charge on any atom is -0.504 e. The Morgan fingerprint density at radius 3 is 2.05 bits per heavy atom. The molecule has 0 saturated heterocycles. The third kappa shape index (κ3) is 2.79. The van der Waals surface area contributed by atoms with Crippen LogP contribution in [0.5, 0.6) is 23.0 Å². The first-order valence-corrected chi connectivity index (χ1v) is 6.00. The minimum atomic E-state index is -1.01. The molecule has 2 rings (SSSR count). The predicted molar refractivity (Wildman–Crippen MR) is 72.8 cm³/mol. The van der Waals surface area contributed by atoms with Crippen molar-refractivity contribution in [3.8, 4) is 23.0 Å². The predicted octanol–water partition coefficient (Wildman–Crippen LogP) is 1.96. The van der Waals surface area contributed by atoms with E-state index >= 15 is 0 Å². The Hall–Kier alpha value is -3.02. The molecule has 0 radical (unpaired) electrons. The van der Waals surface area contributed by atoms with E-state index in [9.17, 15) is 30.0 Å². The fraction of sp³-hybridized carbons (Fsp3) is 0.0667. The molecule has 0 saturated carbocycles. The number of hydrogen-bond donors (Lipinski definition) is 4. The fourth-order valence-electron chi connectivity index (χ4n) is 1.81. The molecule has 0 amide bonds. The molecular formula is C15H12O6. The smallest absolute Gasteiger partial charge is 0.205 e. The van der Waals surface area contributed by atoms with Gasteiger partial charge in [0, 0.05) is 5.56 Å². The summed E-state index contributed by atoms with van der Waals surface area (Å²) in [7, 11) is 0. The van der Waals surface area contributed by atoms with Gasteiger partial charge in [-0.3, -0.25) is 9.59 Å². The molecule has 0 atom stereocenters. The maximum absolute atomic E-state index is 12.0. The highest BCUT2D eigenvalue weighted by Crippen LogP contribution is 2.44. The molecule has 0 unspecified atom stereocenters. The van der Waals surface area contributed by atoms with Crippen molar-refractivity contribution in [3.63, 3.8) is 0 Å². The molecule has 0 spiro atoms. The van der Waals surface area contributed by atoms with E-state index in [0.29, 0.717) is 5.56 Å². The van der Waals surface area contributed by atoms with Gasteiger partial charge in [0.15, 0.2) is 23.1 Å². The van der Waals surface area contributed by atoms with Gasteiger partial charge in [-0.15, -0.1) is 0 Å². The van der Waals surface area contributed by atoms with Gasteiger partial charge < -0.3 is 20.4 Å². The maximum Gasteiger partial charge on any atom is 0.205 e. The van der Waals surface area contributed by atoms with Crippen LogP contribution in [0.2, 0.25) is 0 Å². The molecule has 6 nitrogen and oxygen atoms in total. The summed E-state index contributed by atoms with van der Waals surface area (Å²) < 4.78 is 0. The van der Waals surface area contributed by atoms with Gasteiger partial charge in [0.2, 0.25) is 11.5 Å². The Morgan fingerprint density at radius 2 is 1.43 bits per heavy atom. The Morgan fingerprint density at radius 1 is 0.810 bits per heavy atom. The van der Waals surface area contributed by atoms with Gasteiger partial charge in [0.25, 0.3) is 0 Å². The molecule has 4 N–H and O–H groups in total. The van der Waals surface area contributed by atoms with E-state index < -0.39 is 46.5 Å². The summed E-state index contributed by atoms with van der Waals surface area (Å²) in [6.45, 7) is 0. The van der Waals surface area contributed by atoms with E-state index in [-0.39, 0.29) is 0 Å². The van der Waals surface area contributed by atoms with Crippen LogP contribution >= 0.6 is 0 Å². The van der Waals surface area contributed by atoms with Gasteiger partial charge in [0.1, 0.15) is 0 Å². The minimum absolute atomic E-state index is 0.331. The van der Waals surface area contributed by atoms with Crippen molar-refractivity contribution < 1.29 is 30.0 Å². The van der Waals surface area contributed by atoms with Crippen LogP contribution in [0.25, 0.3) is 0 Å². The third-order valence-corrected chi connectivity index (χ3v) is 2.94. The van der Waals surface area contributed by atoms with Crippen molar-refractivity contribution in [1.82, 2.24) is 0 Å². The SMILES string of the molecule is O=C(CC(=O)c1cc(O)c(O)c(O)c1O)c1ccccc1. The zero-order valence-corrected chi connectivity index (χ0v) is 10.8. The van der Waals surface area contributed by atoms with Crippen LogP contribution in [-0.4, -0.2) is 32.0 Å². The van der Waals surface area contributed by atoms with Crippen LogP contribution in [0.4, 0.5) is 0 Å². The molecule has 0 heterocycles. The highest BCUT2D eigenvalue weighted by molar-refractivity contribution is 6.14. The second-order valence-electron chi connectivity index (χ2n) is 4.38. The number of rotatable bonds is 4. The van der Waals surface area contributed by atoms with Gasteiger partial charge in [-0.05, 0) is 6.07 Å². The van der Waals surface area contributed by atoms with Crippen molar-refractivity contribution in [2.75, 3.05) is 0 Å². The molecular weight excluding hydrogens is 276 g/mol. The summed E-state index contributed by atoms with van der Waals surface area (Å²) in [4.78, 5) is 23.9. The first-order chi connectivity index (χ1) is 9.91. The molecule has 108 valence electrons. The number of phenolic OH excluding ortho intramolecular Hbond substituents is 4. The molecule has 2 aromatic carbocycles. The maximum atomic E-state index is 12.0. The number of phenols is 4. The molecule has 6 heteroatoms. The standard InChI is InChI=1S/C15H12O6/c16-10(8-4-2-1-3-5-8)7-11(17)9-6-12(18)14(20)15(21)13(9)19/h1-6,18-21H,7H2. The average molecular weight is 288 g/mol. The second-order valence-corrected chi connectivity index (χ2v) is 4.38. The summed E-state index contributed by atoms with van der Waals surface area (Å²) in [6, 6.07) is 8.90. The number of Topliss-reactive ketones (excluding diaryl/α,β-unsaturated/α-hetero) is 2. The monoisotopic (exact) mass is 288 g/mol. The van der Waals surface area contributed by atoms with Gasteiger partial charge in [-0.2, -0.15) is 0 Å². The normalized spacial score (nSPS) is 10.3. The molecule has 0 fully saturated rings. The second kappa shape index (κ2) is 5.54. The topological polar surface area (TPSA) is 115 Å². The number of carbonyl (C=O) groups is 2. The van der Waals surface area contributed by atoms with E-state index in [1.807, 2.05) is 0 Å². The first kappa shape index (κ1) is 14.4. The highest BCUT2D eigenvalue weighted by Gasteiger charge is 2.22. The lowest BCUT2D eigenvalue weighted by Crippen LogP contribution is -2.08. The molecule has 2 aromatic rings. The molecule has 0 aromatic heterocycles. The number of hydrogen-bond acceptors (Lipinski definition) is 6. The van der Waals surface area contributed by atoms with Crippen molar-refractivity contribution in [3.05, 3.63) is 47.5 Å². The average Bonchev–Trinajstić information content (AvgIpc) is 2.49. The Kier molecular flexibility index (Phi) is 3.80. The number of benzene rings is 2. The Labute approximate surface area is 119 Å². The summed E-state index contributed by atoms with van der Waals surface area (Å²) in [5.41, 5.74) is -0.107. The van der Waals surface area contributed by atoms with Crippen molar-refractivity contribution in [2.24, 2.45) is 0 Å². The summed E-state index contributed by atoms with van der Waals surface area (Å²) in [5, 5.41) is 37.5. The van der Waals surface area contributed by atoms with E-state index in [1.54, 1.807) is 30.3 Å². The zero-order valence-electron chi connectivity index (χ0n) is 10.8. The fourth-order valence-corrected chi connectivity index (χ4v) is 1.81. The van der Waals surface area contributed by atoms with Crippen molar-refractivity contribution >= 4 is 11.6 Å². The van der Waals surface area contributed by atoms with Crippen LogP contribution in [0, 0.1) is 0 Å². The van der Waals surface area contributed by atoms with Gasteiger partial charge in [0.05, 0.1) is 12.0 Å². The van der Waals surface area contributed by atoms with E-state index in [0.717, 1.165) is 6.07 Å². The van der Waals surface area contributed by atoms with Crippen molar-refractivity contribution in [2.45, 2.75) is 6.42 Å². The molecule has 0 bridgehead atoms. The van der Waals surface area contributed by atoms with E-state index in [1.165, 1.54) is 0 Å². The van der Waals surface area contributed by atoms with Gasteiger partial charge >= 0.3 is 0 Å². The first-order valence-electron chi connectivity index (χ1n) is 6.00. The van der Waals surface area contributed by atoms with Crippen LogP contribution in [0.1, 0.15) is 27.1 Å². The van der Waals surface area contributed by atoms with Gasteiger partial charge in [-0.1, -0.05) is 30.3 Å². The number of aromatic hydroxyl groups is 4. The van der Waals surface area contributed by atoms with E-state index in [2.05, 4.69) is 0 Å². The van der Waals surface area contributed by atoms with Crippen LogP contribution in [0.3, 0.4) is 0 Å². The summed E-state index contributed by atoms with van der Waals surface area (Å²) in [6.07, 6.45) is -0.540. The molecule has 0 aliphatic heterocycles. The lowest BCUT2D eigenvalue weighted by atomic mass is 10.00. The number of carbonyl (C=O) groups excluding carboxylic acids is 2. The van der Waals surface area contributed by atoms with Crippen molar-refractivity contribution in [1.29, 1.82) is 0 Å².